The van der Waals surface area contributed by atoms with E-state index in [-0.39, 0.29) is 12.1 Å². The number of carbonyl (C=O) groups excluding carboxylic acids is 1. The summed E-state index contributed by atoms with van der Waals surface area (Å²) in [5, 5.41) is 0. The standard InChI is InChI=1S/C9H16O4/c1-2-12-9(10)5-3-4-8-6-11-7-13-8/h8H,2-7H2,1H3/t8-/m0/s1. The smallest absolute Gasteiger partial charge is 0.305 e. The molecule has 0 bridgehead atoms. The number of carbonyl (C=O) groups is 1. The van der Waals surface area contributed by atoms with Gasteiger partial charge in [-0.05, 0) is 19.8 Å². The first-order valence-electron chi connectivity index (χ1n) is 4.68. The van der Waals surface area contributed by atoms with Crippen LogP contribution in [0.2, 0.25) is 0 Å². The molecule has 13 heavy (non-hydrogen) atoms. The Hall–Kier alpha value is -0.610. The summed E-state index contributed by atoms with van der Waals surface area (Å²) < 4.78 is 15.0. The first-order chi connectivity index (χ1) is 6.33. The summed E-state index contributed by atoms with van der Waals surface area (Å²) >= 11 is 0. The minimum atomic E-state index is -0.124. The van der Waals surface area contributed by atoms with Gasteiger partial charge in [0.25, 0.3) is 0 Å². The van der Waals surface area contributed by atoms with E-state index < -0.39 is 0 Å². The fraction of sp³-hybridized carbons (Fsp3) is 0.889. The Labute approximate surface area is 78.2 Å². The van der Waals surface area contributed by atoms with Crippen LogP contribution in [-0.4, -0.2) is 32.1 Å². The molecule has 76 valence electrons. The van der Waals surface area contributed by atoms with Gasteiger partial charge in [0.15, 0.2) is 0 Å². The second-order valence-electron chi connectivity index (χ2n) is 2.97. The summed E-state index contributed by atoms with van der Waals surface area (Å²) in [4.78, 5) is 10.9. The normalized spacial score (nSPS) is 21.8. The van der Waals surface area contributed by atoms with Gasteiger partial charge in [-0.3, -0.25) is 4.79 Å². The topological polar surface area (TPSA) is 44.8 Å². The SMILES string of the molecule is CCOC(=O)CCC[C@H]1COCO1. The first kappa shape index (κ1) is 10.5. The van der Waals surface area contributed by atoms with Crippen molar-refractivity contribution in [2.75, 3.05) is 20.0 Å². The highest BCUT2D eigenvalue weighted by atomic mass is 16.7. The zero-order valence-electron chi connectivity index (χ0n) is 7.95. The van der Waals surface area contributed by atoms with E-state index in [1.54, 1.807) is 0 Å². The summed E-state index contributed by atoms with van der Waals surface area (Å²) in [6, 6.07) is 0. The van der Waals surface area contributed by atoms with Crippen LogP contribution < -0.4 is 0 Å². The Morgan fingerprint density at radius 2 is 2.46 bits per heavy atom. The third-order valence-corrected chi connectivity index (χ3v) is 1.90. The fourth-order valence-electron chi connectivity index (χ4n) is 1.25. The lowest BCUT2D eigenvalue weighted by atomic mass is 10.1. The van der Waals surface area contributed by atoms with E-state index >= 15 is 0 Å². The molecular weight excluding hydrogens is 172 g/mol. The van der Waals surface area contributed by atoms with Gasteiger partial charge in [0, 0.05) is 6.42 Å². The molecule has 4 heteroatoms. The third kappa shape index (κ3) is 4.24. The molecule has 1 fully saturated rings. The number of ether oxygens (including phenoxy) is 3. The molecular formula is C9H16O4. The maximum Gasteiger partial charge on any atom is 0.305 e. The Kier molecular flexibility index (Phi) is 4.78. The lowest BCUT2D eigenvalue weighted by Crippen LogP contribution is -2.11. The van der Waals surface area contributed by atoms with Crippen LogP contribution in [0.25, 0.3) is 0 Å². The van der Waals surface area contributed by atoms with Gasteiger partial charge in [0.2, 0.25) is 0 Å². The molecule has 0 aromatic rings. The van der Waals surface area contributed by atoms with Gasteiger partial charge in [-0.2, -0.15) is 0 Å². The summed E-state index contributed by atoms with van der Waals surface area (Å²) in [5.41, 5.74) is 0. The van der Waals surface area contributed by atoms with Crippen LogP contribution in [0.1, 0.15) is 26.2 Å². The predicted octanol–water partition coefficient (Wildman–Crippen LogP) is 1.09. The molecule has 4 nitrogen and oxygen atoms in total. The van der Waals surface area contributed by atoms with E-state index in [9.17, 15) is 4.79 Å². The summed E-state index contributed by atoms with van der Waals surface area (Å²) in [6.45, 7) is 3.32. The second kappa shape index (κ2) is 5.94. The van der Waals surface area contributed by atoms with Crippen molar-refractivity contribution in [3.05, 3.63) is 0 Å². The van der Waals surface area contributed by atoms with Crippen LogP contribution in [0.5, 0.6) is 0 Å². The zero-order valence-corrected chi connectivity index (χ0v) is 7.95. The molecule has 0 unspecified atom stereocenters. The van der Waals surface area contributed by atoms with Gasteiger partial charge in [0.05, 0.1) is 19.3 Å². The van der Waals surface area contributed by atoms with Gasteiger partial charge in [-0.15, -0.1) is 0 Å². The van der Waals surface area contributed by atoms with Crippen molar-refractivity contribution >= 4 is 5.97 Å². The van der Waals surface area contributed by atoms with Gasteiger partial charge in [0.1, 0.15) is 6.79 Å². The second-order valence-corrected chi connectivity index (χ2v) is 2.97. The lowest BCUT2D eigenvalue weighted by molar-refractivity contribution is -0.143. The Morgan fingerprint density at radius 1 is 1.62 bits per heavy atom. The van der Waals surface area contributed by atoms with Gasteiger partial charge >= 0.3 is 5.97 Å². The average molecular weight is 188 g/mol. The monoisotopic (exact) mass is 188 g/mol. The Bertz CT molecular complexity index is 152. The quantitative estimate of drug-likeness (QED) is 0.606. The van der Waals surface area contributed by atoms with Crippen LogP contribution in [0.15, 0.2) is 0 Å². The van der Waals surface area contributed by atoms with Crippen molar-refractivity contribution < 1.29 is 19.0 Å². The molecule has 1 rings (SSSR count). The summed E-state index contributed by atoms with van der Waals surface area (Å²) in [7, 11) is 0. The highest BCUT2D eigenvalue weighted by molar-refractivity contribution is 5.69. The molecule has 0 amide bonds. The maximum atomic E-state index is 10.9. The number of hydrogen-bond acceptors (Lipinski definition) is 4. The van der Waals surface area contributed by atoms with Crippen molar-refractivity contribution in [3.63, 3.8) is 0 Å². The highest BCUT2D eigenvalue weighted by Crippen LogP contribution is 2.11. The zero-order chi connectivity index (χ0) is 9.52. The molecule has 1 saturated heterocycles. The lowest BCUT2D eigenvalue weighted by Gasteiger charge is -2.06. The number of esters is 1. The Balaban J connectivity index is 1.96. The fourth-order valence-corrected chi connectivity index (χ4v) is 1.25. The minimum absolute atomic E-state index is 0.124. The van der Waals surface area contributed by atoms with Crippen molar-refractivity contribution in [1.29, 1.82) is 0 Å². The molecule has 0 spiro atoms. The number of hydrogen-bond donors (Lipinski definition) is 0. The van der Waals surface area contributed by atoms with Crippen LogP contribution in [0.3, 0.4) is 0 Å². The molecule has 0 aliphatic carbocycles. The van der Waals surface area contributed by atoms with Crippen LogP contribution in [0.4, 0.5) is 0 Å². The van der Waals surface area contributed by atoms with E-state index in [0.29, 0.717) is 26.4 Å². The van der Waals surface area contributed by atoms with Gasteiger partial charge < -0.3 is 14.2 Å². The van der Waals surface area contributed by atoms with Crippen LogP contribution in [-0.2, 0) is 19.0 Å². The van der Waals surface area contributed by atoms with E-state index in [2.05, 4.69) is 0 Å². The molecule has 1 heterocycles. The van der Waals surface area contributed by atoms with Gasteiger partial charge in [-0.1, -0.05) is 0 Å². The number of rotatable bonds is 5. The van der Waals surface area contributed by atoms with E-state index in [4.69, 9.17) is 14.2 Å². The average Bonchev–Trinajstić information content (AvgIpc) is 2.57. The molecule has 0 saturated carbocycles. The maximum absolute atomic E-state index is 10.9. The van der Waals surface area contributed by atoms with Crippen LogP contribution >= 0.6 is 0 Å². The largest absolute Gasteiger partial charge is 0.466 e. The highest BCUT2D eigenvalue weighted by Gasteiger charge is 2.15. The molecule has 1 atom stereocenters. The molecule has 0 N–H and O–H groups in total. The first-order valence-corrected chi connectivity index (χ1v) is 4.68. The van der Waals surface area contributed by atoms with Crippen molar-refractivity contribution in [2.24, 2.45) is 0 Å². The van der Waals surface area contributed by atoms with E-state index in [0.717, 1.165) is 12.8 Å². The molecule has 1 aliphatic heterocycles. The molecule has 0 aromatic carbocycles. The molecule has 1 aliphatic rings. The van der Waals surface area contributed by atoms with Crippen molar-refractivity contribution in [1.82, 2.24) is 0 Å². The van der Waals surface area contributed by atoms with E-state index in [1.165, 1.54) is 0 Å². The molecule has 0 aromatic heterocycles. The van der Waals surface area contributed by atoms with Crippen molar-refractivity contribution in [2.45, 2.75) is 32.3 Å². The van der Waals surface area contributed by atoms with Gasteiger partial charge in [-0.25, -0.2) is 0 Å². The minimum Gasteiger partial charge on any atom is -0.466 e. The van der Waals surface area contributed by atoms with Crippen LogP contribution in [0, 0.1) is 0 Å². The van der Waals surface area contributed by atoms with Crippen molar-refractivity contribution in [3.8, 4) is 0 Å². The molecule has 0 radical (unpaired) electrons. The Morgan fingerprint density at radius 3 is 3.08 bits per heavy atom. The summed E-state index contributed by atoms with van der Waals surface area (Å²) in [5.74, 6) is -0.124. The predicted molar refractivity (Wildman–Crippen MR) is 46.2 cm³/mol. The third-order valence-electron chi connectivity index (χ3n) is 1.90. The van der Waals surface area contributed by atoms with E-state index in [1.807, 2.05) is 6.92 Å². The summed E-state index contributed by atoms with van der Waals surface area (Å²) in [6.07, 6.45) is 2.34.